The topological polar surface area (TPSA) is 29.3 Å². The minimum atomic E-state index is 0.830. The standard InChI is InChI=1S/C16H20N2/c1-13-5-3-6-14(9-13)11-18(2)12-15-7-4-8-16(17)10-15/h3-10H,11-12,17H2,1-2H3. The SMILES string of the molecule is Cc1cccc(CN(C)Cc2cccc(N)c2)c1. The van der Waals surface area contributed by atoms with E-state index in [9.17, 15) is 0 Å². The number of hydrogen-bond donors (Lipinski definition) is 1. The van der Waals surface area contributed by atoms with Crippen molar-refractivity contribution in [2.45, 2.75) is 20.0 Å². The highest BCUT2D eigenvalue weighted by Crippen LogP contribution is 2.12. The van der Waals surface area contributed by atoms with Crippen LogP contribution in [0.5, 0.6) is 0 Å². The smallest absolute Gasteiger partial charge is 0.0317 e. The van der Waals surface area contributed by atoms with Gasteiger partial charge in [0.05, 0.1) is 0 Å². The van der Waals surface area contributed by atoms with Crippen molar-refractivity contribution >= 4 is 5.69 Å². The summed E-state index contributed by atoms with van der Waals surface area (Å²) >= 11 is 0. The normalized spacial score (nSPS) is 10.8. The summed E-state index contributed by atoms with van der Waals surface area (Å²) in [5, 5.41) is 0. The van der Waals surface area contributed by atoms with E-state index in [2.05, 4.69) is 49.2 Å². The second-order valence-electron chi connectivity index (χ2n) is 4.91. The van der Waals surface area contributed by atoms with Gasteiger partial charge in [-0.15, -0.1) is 0 Å². The maximum absolute atomic E-state index is 5.79. The zero-order chi connectivity index (χ0) is 13.0. The minimum absolute atomic E-state index is 0.830. The monoisotopic (exact) mass is 240 g/mol. The van der Waals surface area contributed by atoms with E-state index in [1.807, 2.05) is 18.2 Å². The first-order chi connectivity index (χ1) is 8.63. The van der Waals surface area contributed by atoms with Crippen LogP contribution in [-0.4, -0.2) is 11.9 Å². The van der Waals surface area contributed by atoms with Crippen LogP contribution in [0, 0.1) is 6.92 Å². The molecule has 0 aromatic heterocycles. The van der Waals surface area contributed by atoms with Gasteiger partial charge in [-0.25, -0.2) is 0 Å². The lowest BCUT2D eigenvalue weighted by molar-refractivity contribution is 0.319. The molecule has 0 heterocycles. The zero-order valence-corrected chi connectivity index (χ0v) is 11.1. The predicted molar refractivity (Wildman–Crippen MR) is 77.2 cm³/mol. The van der Waals surface area contributed by atoms with Gasteiger partial charge in [-0.2, -0.15) is 0 Å². The molecule has 2 aromatic carbocycles. The molecule has 2 N–H and O–H groups in total. The van der Waals surface area contributed by atoms with Gasteiger partial charge in [0.25, 0.3) is 0 Å². The van der Waals surface area contributed by atoms with Gasteiger partial charge in [0.2, 0.25) is 0 Å². The first-order valence-electron chi connectivity index (χ1n) is 6.22. The van der Waals surface area contributed by atoms with E-state index in [4.69, 9.17) is 5.73 Å². The molecule has 0 radical (unpaired) electrons. The van der Waals surface area contributed by atoms with Gasteiger partial charge in [-0.1, -0.05) is 42.0 Å². The number of benzene rings is 2. The number of aryl methyl sites for hydroxylation is 1. The summed E-state index contributed by atoms with van der Waals surface area (Å²) in [6, 6.07) is 16.7. The Hall–Kier alpha value is -1.80. The maximum Gasteiger partial charge on any atom is 0.0317 e. The quantitative estimate of drug-likeness (QED) is 0.831. The predicted octanol–water partition coefficient (Wildman–Crippen LogP) is 3.21. The second-order valence-corrected chi connectivity index (χ2v) is 4.91. The Kier molecular flexibility index (Phi) is 4.00. The molecule has 0 atom stereocenters. The Bertz CT molecular complexity index is 473. The Morgan fingerprint density at radius 1 is 0.944 bits per heavy atom. The molecule has 2 nitrogen and oxygen atoms in total. The molecule has 18 heavy (non-hydrogen) atoms. The Labute approximate surface area is 109 Å². The summed E-state index contributed by atoms with van der Waals surface area (Å²) in [5.41, 5.74) is 10.5. The van der Waals surface area contributed by atoms with Crippen LogP contribution in [0.3, 0.4) is 0 Å². The molecule has 0 fully saturated rings. The van der Waals surface area contributed by atoms with E-state index in [1.54, 1.807) is 0 Å². The lowest BCUT2D eigenvalue weighted by atomic mass is 10.1. The van der Waals surface area contributed by atoms with Gasteiger partial charge in [0.15, 0.2) is 0 Å². The van der Waals surface area contributed by atoms with Crippen LogP contribution < -0.4 is 5.73 Å². The Balaban J connectivity index is 1.98. The van der Waals surface area contributed by atoms with Crippen molar-refractivity contribution in [3.63, 3.8) is 0 Å². The van der Waals surface area contributed by atoms with E-state index in [0.29, 0.717) is 0 Å². The summed E-state index contributed by atoms with van der Waals surface area (Å²) in [5.74, 6) is 0. The first-order valence-corrected chi connectivity index (χ1v) is 6.22. The molecule has 2 aromatic rings. The number of nitrogens with two attached hydrogens (primary N) is 1. The second kappa shape index (κ2) is 5.69. The molecule has 94 valence electrons. The fourth-order valence-corrected chi connectivity index (χ4v) is 2.18. The maximum atomic E-state index is 5.79. The van der Waals surface area contributed by atoms with Crippen LogP contribution in [-0.2, 0) is 13.1 Å². The summed E-state index contributed by atoms with van der Waals surface area (Å²) < 4.78 is 0. The van der Waals surface area contributed by atoms with Crippen LogP contribution in [0.25, 0.3) is 0 Å². The first kappa shape index (κ1) is 12.7. The lowest BCUT2D eigenvalue weighted by Crippen LogP contribution is -2.17. The van der Waals surface area contributed by atoms with Crippen molar-refractivity contribution in [3.8, 4) is 0 Å². The molecule has 2 heteroatoms. The van der Waals surface area contributed by atoms with Gasteiger partial charge in [0.1, 0.15) is 0 Å². The molecule has 0 bridgehead atoms. The Morgan fingerprint density at radius 3 is 2.17 bits per heavy atom. The molecule has 0 saturated heterocycles. The molecule has 0 amide bonds. The molecule has 0 aliphatic carbocycles. The van der Waals surface area contributed by atoms with Crippen molar-refractivity contribution in [2.24, 2.45) is 0 Å². The third kappa shape index (κ3) is 3.60. The molecule has 0 saturated carbocycles. The highest BCUT2D eigenvalue weighted by molar-refractivity contribution is 5.40. The summed E-state index contributed by atoms with van der Waals surface area (Å²) in [6.07, 6.45) is 0. The summed E-state index contributed by atoms with van der Waals surface area (Å²) in [6.45, 7) is 4.00. The van der Waals surface area contributed by atoms with Crippen LogP contribution >= 0.6 is 0 Å². The summed E-state index contributed by atoms with van der Waals surface area (Å²) in [4.78, 5) is 2.30. The van der Waals surface area contributed by atoms with Crippen molar-refractivity contribution in [2.75, 3.05) is 12.8 Å². The van der Waals surface area contributed by atoms with Crippen molar-refractivity contribution in [1.82, 2.24) is 4.90 Å². The number of anilines is 1. The highest BCUT2D eigenvalue weighted by Gasteiger charge is 2.02. The fourth-order valence-electron chi connectivity index (χ4n) is 2.18. The van der Waals surface area contributed by atoms with Gasteiger partial charge in [-0.3, -0.25) is 4.90 Å². The van der Waals surface area contributed by atoms with E-state index >= 15 is 0 Å². The molecule has 2 rings (SSSR count). The van der Waals surface area contributed by atoms with Crippen molar-refractivity contribution in [1.29, 1.82) is 0 Å². The molecule has 0 aliphatic heterocycles. The molecular formula is C16H20N2. The number of nitrogen functional groups attached to an aromatic ring is 1. The van der Waals surface area contributed by atoms with Gasteiger partial charge in [0, 0.05) is 18.8 Å². The van der Waals surface area contributed by atoms with Gasteiger partial charge in [-0.05, 0) is 37.2 Å². The largest absolute Gasteiger partial charge is 0.399 e. The average Bonchev–Trinajstić information content (AvgIpc) is 2.28. The van der Waals surface area contributed by atoms with Gasteiger partial charge < -0.3 is 5.73 Å². The molecule has 0 unspecified atom stereocenters. The lowest BCUT2D eigenvalue weighted by Gasteiger charge is -2.17. The van der Waals surface area contributed by atoms with Crippen LogP contribution in [0.4, 0.5) is 5.69 Å². The minimum Gasteiger partial charge on any atom is -0.399 e. The number of nitrogens with zero attached hydrogens (tertiary/aromatic N) is 1. The average molecular weight is 240 g/mol. The molecule has 0 aliphatic rings. The third-order valence-corrected chi connectivity index (χ3v) is 2.94. The third-order valence-electron chi connectivity index (χ3n) is 2.94. The van der Waals surface area contributed by atoms with E-state index in [1.165, 1.54) is 16.7 Å². The number of rotatable bonds is 4. The fraction of sp³-hybridized carbons (Fsp3) is 0.250. The van der Waals surface area contributed by atoms with Gasteiger partial charge >= 0.3 is 0 Å². The van der Waals surface area contributed by atoms with E-state index < -0.39 is 0 Å². The summed E-state index contributed by atoms with van der Waals surface area (Å²) in [7, 11) is 2.13. The molecule has 0 spiro atoms. The molecular weight excluding hydrogens is 220 g/mol. The van der Waals surface area contributed by atoms with Crippen molar-refractivity contribution in [3.05, 3.63) is 65.2 Å². The van der Waals surface area contributed by atoms with Crippen LogP contribution in [0.1, 0.15) is 16.7 Å². The van der Waals surface area contributed by atoms with Crippen molar-refractivity contribution < 1.29 is 0 Å². The number of hydrogen-bond acceptors (Lipinski definition) is 2. The van der Waals surface area contributed by atoms with Crippen LogP contribution in [0.15, 0.2) is 48.5 Å². The van der Waals surface area contributed by atoms with E-state index in [-0.39, 0.29) is 0 Å². The highest BCUT2D eigenvalue weighted by atomic mass is 15.1. The van der Waals surface area contributed by atoms with E-state index in [0.717, 1.165) is 18.8 Å². The zero-order valence-electron chi connectivity index (χ0n) is 11.1. The van der Waals surface area contributed by atoms with Crippen LogP contribution in [0.2, 0.25) is 0 Å². The Morgan fingerprint density at radius 2 is 1.56 bits per heavy atom.